The van der Waals surface area contributed by atoms with E-state index in [0.717, 1.165) is 95.9 Å². The van der Waals surface area contributed by atoms with E-state index in [1.807, 2.05) is 0 Å². The standard InChI is InChI=1S/C116H94B2N4O2/c1-9-38-76(39-10-1)86-54-27-33-64-100(86)119(83-50-21-7-22-51-83)85-70-107-114-111(71-85)124-110-75-109-95(73-99(110)118(114)97-63-32-36-67-103(97)121(107)101-65-34-28-55-87(101)77-40-11-2-12-41-77)116(92-60-29-25-56-90(92)91-57-26-30-61-93(91)116)94-72-98-104(74-108(94)123-109)122(115-88(78-42-13-3-14-43-78)58-37-59-89(115)79-44-15-4-16-45-79)106-69-82(112(80-46-17-5-18-47-80)81-48-19-6-20-49-81)68-105-113(106)117(98)96-62-31-35-66-102(96)120(105)84-52-23-8-24-53-84/h1-2,5-12,17-36,38-41,46-57,60-75,78-79,88-89,112,115H,3-4,13-16,37,42-45,58-59H2. The van der Waals surface area contributed by atoms with Gasteiger partial charge < -0.3 is 29.1 Å². The Morgan fingerprint density at radius 2 is 0.758 bits per heavy atom. The Morgan fingerprint density at radius 1 is 0.290 bits per heavy atom. The molecule has 0 radical (unpaired) electrons. The van der Waals surface area contributed by atoms with E-state index in [-0.39, 0.29) is 25.4 Å². The highest BCUT2D eigenvalue weighted by Crippen LogP contribution is 2.65. The maximum atomic E-state index is 8.36. The van der Waals surface area contributed by atoms with E-state index in [0.29, 0.717) is 23.7 Å². The number of anilines is 11. The second-order valence-electron chi connectivity index (χ2n) is 36.3. The minimum absolute atomic E-state index is 0.0596. The van der Waals surface area contributed by atoms with Gasteiger partial charge in [-0.2, -0.15) is 0 Å². The van der Waals surface area contributed by atoms with Gasteiger partial charge in [-0.1, -0.05) is 362 Å². The van der Waals surface area contributed by atoms with Crippen LogP contribution in [0.2, 0.25) is 0 Å². The number of nitrogens with zero attached hydrogens (tertiary/aromatic N) is 4. The van der Waals surface area contributed by atoms with Crippen molar-refractivity contribution in [2.75, 3.05) is 19.6 Å². The van der Waals surface area contributed by atoms with Crippen LogP contribution in [0.5, 0.6) is 23.0 Å². The van der Waals surface area contributed by atoms with Crippen LogP contribution in [0.4, 0.5) is 62.6 Å². The van der Waals surface area contributed by atoms with Gasteiger partial charge in [0.25, 0.3) is 13.4 Å². The Hall–Kier alpha value is -13.6. The summed E-state index contributed by atoms with van der Waals surface area (Å²) >= 11 is 0. The predicted octanol–water partition coefficient (Wildman–Crippen LogP) is 26.2. The van der Waals surface area contributed by atoms with Crippen molar-refractivity contribution in [2.24, 2.45) is 23.7 Å². The fraction of sp³-hybridized carbons (Fsp3) is 0.172. The molecule has 16 aromatic carbocycles. The first-order chi connectivity index (χ1) is 61.6. The molecule has 596 valence electrons. The summed E-state index contributed by atoms with van der Waals surface area (Å²) in [4.78, 5) is 10.8. The molecule has 5 heterocycles. The number of hydrogen-bond donors (Lipinski definition) is 0. The average molecular weight is 1600 g/mol. The van der Waals surface area contributed by atoms with Gasteiger partial charge in [0, 0.05) is 97.9 Å². The Morgan fingerprint density at radius 3 is 1.38 bits per heavy atom. The van der Waals surface area contributed by atoms with Crippen LogP contribution in [-0.2, 0) is 5.41 Å². The molecule has 9 aliphatic rings. The zero-order chi connectivity index (χ0) is 81.5. The molecule has 2 unspecified atom stereocenters. The smallest absolute Gasteiger partial charge is 0.256 e. The highest BCUT2D eigenvalue weighted by atomic mass is 16.5. The van der Waals surface area contributed by atoms with Gasteiger partial charge >= 0.3 is 0 Å². The van der Waals surface area contributed by atoms with Crippen molar-refractivity contribution in [3.63, 3.8) is 0 Å². The molecule has 16 aromatic rings. The minimum atomic E-state index is -0.884. The van der Waals surface area contributed by atoms with E-state index < -0.39 is 5.41 Å². The molecule has 0 N–H and O–H groups in total. The summed E-state index contributed by atoms with van der Waals surface area (Å²) < 4.78 is 16.5. The lowest BCUT2D eigenvalue weighted by molar-refractivity contribution is 0.0839. The molecule has 5 aliphatic heterocycles. The Labute approximate surface area is 728 Å². The molecular formula is C116H94B2N4O2. The molecule has 8 heteroatoms. The highest BCUT2D eigenvalue weighted by Gasteiger charge is 2.57. The topological polar surface area (TPSA) is 31.4 Å². The van der Waals surface area contributed by atoms with Crippen molar-refractivity contribution in [1.82, 2.24) is 0 Å². The third kappa shape index (κ3) is 11.5. The molecule has 124 heavy (non-hydrogen) atoms. The van der Waals surface area contributed by atoms with Crippen LogP contribution in [0.25, 0.3) is 33.4 Å². The fourth-order valence-corrected chi connectivity index (χ4v) is 25.0. The number of hydrogen-bond acceptors (Lipinski definition) is 6. The summed E-state index contributed by atoms with van der Waals surface area (Å²) in [5, 5.41) is 0. The van der Waals surface area contributed by atoms with Crippen molar-refractivity contribution in [2.45, 2.75) is 101 Å². The van der Waals surface area contributed by atoms with Crippen molar-refractivity contribution in [3.8, 4) is 56.4 Å². The number of para-hydroxylation sites is 6. The zero-order valence-electron chi connectivity index (χ0n) is 69.7. The van der Waals surface area contributed by atoms with Crippen LogP contribution < -0.4 is 61.9 Å². The first-order valence-corrected chi connectivity index (χ1v) is 45.7. The normalized spacial score (nSPS) is 17.8. The summed E-state index contributed by atoms with van der Waals surface area (Å²) in [5.41, 5.74) is 35.0. The SMILES string of the molecule is c1ccc(-c2ccccc2N(c2ccccc2)c2cc3c4c(c2)N(c2ccccc2-c2ccccc2)c2ccccc2B4c2cc4c(cc2O3)Oc2cc3c(cc2C42c4ccccc4-c4ccccc42)B2c4ccccc4N(c4ccccc4)c4cc(C(c5ccccc5)c5ccccc5)cc(c42)N3C2C(C3CCCCC3)CCCC2C2CCCCC2)cc1. The van der Waals surface area contributed by atoms with E-state index in [2.05, 4.69) is 396 Å². The molecule has 0 amide bonds. The first-order valence-electron chi connectivity index (χ1n) is 45.7. The summed E-state index contributed by atoms with van der Waals surface area (Å²) in [6, 6.07) is 143. The number of ether oxygens (including phenoxy) is 2. The summed E-state index contributed by atoms with van der Waals surface area (Å²) in [7, 11) is 0. The van der Waals surface area contributed by atoms with Crippen LogP contribution >= 0.6 is 0 Å². The lowest BCUT2D eigenvalue weighted by Crippen LogP contribution is -2.65. The lowest BCUT2D eigenvalue weighted by atomic mass is 9.33. The molecule has 0 aromatic heterocycles. The second-order valence-corrected chi connectivity index (χ2v) is 36.3. The van der Waals surface area contributed by atoms with Gasteiger partial charge in [0.1, 0.15) is 23.0 Å². The first kappa shape index (κ1) is 73.2. The summed E-state index contributed by atoms with van der Waals surface area (Å²) in [5.74, 6) is 5.47. The van der Waals surface area contributed by atoms with Crippen molar-refractivity contribution >= 4 is 109 Å². The zero-order valence-corrected chi connectivity index (χ0v) is 69.7. The van der Waals surface area contributed by atoms with Gasteiger partial charge in [-0.3, -0.25) is 0 Å². The molecule has 4 aliphatic carbocycles. The number of fused-ring (bicyclic) bond motifs is 17. The van der Waals surface area contributed by atoms with Crippen LogP contribution in [0.1, 0.15) is 128 Å². The van der Waals surface area contributed by atoms with Gasteiger partial charge in [-0.05, 0) is 186 Å². The molecule has 1 spiro atoms. The maximum absolute atomic E-state index is 8.36. The number of rotatable bonds is 13. The van der Waals surface area contributed by atoms with Gasteiger partial charge in [0.05, 0.1) is 22.5 Å². The number of benzene rings is 16. The Bertz CT molecular complexity index is 6720. The quantitative estimate of drug-likeness (QED) is 0.0845. The second kappa shape index (κ2) is 29.9. The van der Waals surface area contributed by atoms with E-state index in [1.54, 1.807) is 0 Å². The molecule has 0 saturated heterocycles. The molecule has 2 atom stereocenters. The van der Waals surface area contributed by atoms with E-state index in [9.17, 15) is 0 Å². The van der Waals surface area contributed by atoms with E-state index in [1.165, 1.54) is 178 Å². The molecule has 3 fully saturated rings. The summed E-state index contributed by atoms with van der Waals surface area (Å²) in [6.45, 7) is -0.447. The lowest BCUT2D eigenvalue weighted by Gasteiger charge is -2.55. The van der Waals surface area contributed by atoms with Gasteiger partial charge in [0.2, 0.25) is 0 Å². The van der Waals surface area contributed by atoms with Crippen molar-refractivity contribution in [3.05, 3.63) is 415 Å². The monoisotopic (exact) mass is 1600 g/mol. The highest BCUT2D eigenvalue weighted by molar-refractivity contribution is 7.00. The van der Waals surface area contributed by atoms with E-state index >= 15 is 0 Å². The molecule has 3 saturated carbocycles. The molecule has 6 nitrogen and oxygen atoms in total. The average Bonchev–Trinajstić information content (AvgIpc) is 1.34. The molecular weight excluding hydrogens is 1500 g/mol. The van der Waals surface area contributed by atoms with Crippen LogP contribution in [0, 0.1) is 23.7 Å². The van der Waals surface area contributed by atoms with Crippen LogP contribution in [0.3, 0.4) is 0 Å². The molecule has 0 bridgehead atoms. The largest absolute Gasteiger partial charge is 0.458 e. The van der Waals surface area contributed by atoms with Crippen LogP contribution in [0.15, 0.2) is 376 Å². The van der Waals surface area contributed by atoms with Gasteiger partial charge in [-0.15, -0.1) is 0 Å². The predicted molar refractivity (Wildman–Crippen MR) is 515 cm³/mol. The minimum Gasteiger partial charge on any atom is -0.458 e. The third-order valence-electron chi connectivity index (χ3n) is 30.0. The van der Waals surface area contributed by atoms with Gasteiger partial charge in [0.15, 0.2) is 0 Å². The molecule has 25 rings (SSSR count). The Balaban J connectivity index is 0.765. The van der Waals surface area contributed by atoms with Gasteiger partial charge in [-0.25, -0.2) is 0 Å². The van der Waals surface area contributed by atoms with Crippen LogP contribution in [-0.4, -0.2) is 19.5 Å². The third-order valence-corrected chi connectivity index (χ3v) is 30.0. The Kier molecular flexibility index (Phi) is 17.7. The van der Waals surface area contributed by atoms with Crippen molar-refractivity contribution in [1.29, 1.82) is 0 Å². The maximum Gasteiger partial charge on any atom is 0.256 e. The van der Waals surface area contributed by atoms with Crippen molar-refractivity contribution < 1.29 is 9.47 Å². The summed E-state index contributed by atoms with van der Waals surface area (Å²) in [6.07, 6.45) is 16.8. The van der Waals surface area contributed by atoms with E-state index in [4.69, 9.17) is 9.47 Å². The fourth-order valence-electron chi connectivity index (χ4n) is 25.0.